The second-order valence-electron chi connectivity index (χ2n) is 5.90. The average molecular weight is 272 g/mol. The van der Waals surface area contributed by atoms with Crippen LogP contribution in [0, 0.1) is 17.2 Å². The number of nitriles is 1. The molecule has 3 heteroatoms. The molecule has 1 N–H and O–H groups in total. The predicted octanol–water partition coefficient (Wildman–Crippen LogP) is 3.30. The molecule has 1 fully saturated rings. The summed E-state index contributed by atoms with van der Waals surface area (Å²) in [5.74, 6) is 1.65. The number of hydrogen-bond acceptors (Lipinski definition) is 3. The molecule has 0 unspecified atom stereocenters. The van der Waals surface area contributed by atoms with E-state index in [1.165, 1.54) is 5.56 Å². The van der Waals surface area contributed by atoms with Gasteiger partial charge in [0.2, 0.25) is 0 Å². The van der Waals surface area contributed by atoms with Crippen LogP contribution in [0.5, 0.6) is 5.75 Å². The van der Waals surface area contributed by atoms with E-state index in [-0.39, 0.29) is 5.54 Å². The summed E-state index contributed by atoms with van der Waals surface area (Å²) in [5, 5.41) is 13.0. The molecule has 0 heterocycles. The van der Waals surface area contributed by atoms with Crippen molar-refractivity contribution in [1.29, 1.82) is 5.26 Å². The Morgan fingerprint density at radius 2 is 1.95 bits per heavy atom. The Balaban J connectivity index is 1.83. The summed E-state index contributed by atoms with van der Waals surface area (Å²) < 4.78 is 5.15. The molecular weight excluding hydrogens is 248 g/mol. The Morgan fingerprint density at radius 3 is 2.50 bits per heavy atom. The molecule has 20 heavy (non-hydrogen) atoms. The smallest absolute Gasteiger partial charge is 0.118 e. The Kier molecular flexibility index (Phi) is 5.03. The van der Waals surface area contributed by atoms with E-state index in [1.54, 1.807) is 7.11 Å². The minimum atomic E-state index is -0.293. The number of nitrogens with zero attached hydrogens (tertiary/aromatic N) is 1. The molecule has 1 saturated carbocycles. The number of nitrogens with one attached hydrogen (secondary N) is 1. The lowest BCUT2D eigenvalue weighted by molar-refractivity contribution is 0.250. The Morgan fingerprint density at radius 1 is 1.30 bits per heavy atom. The third kappa shape index (κ3) is 3.74. The fraction of sp³-hybridized carbons (Fsp3) is 0.588. The molecule has 0 aliphatic heterocycles. The highest BCUT2D eigenvalue weighted by Gasteiger charge is 2.33. The highest BCUT2D eigenvalue weighted by atomic mass is 16.5. The fourth-order valence-electron chi connectivity index (χ4n) is 2.82. The van der Waals surface area contributed by atoms with Gasteiger partial charge in [-0.2, -0.15) is 5.26 Å². The summed E-state index contributed by atoms with van der Waals surface area (Å²) in [6.07, 6.45) is 5.22. The van der Waals surface area contributed by atoms with Crippen LogP contribution in [0.3, 0.4) is 0 Å². The van der Waals surface area contributed by atoms with E-state index in [1.807, 2.05) is 12.1 Å². The average Bonchev–Trinajstić information content (AvgIpc) is 2.50. The SMILES string of the molecule is COc1ccc(CCNC2(C#N)CCC(C)CC2)cc1. The van der Waals surface area contributed by atoms with Crippen LogP contribution in [0.2, 0.25) is 0 Å². The van der Waals surface area contributed by atoms with Gasteiger partial charge >= 0.3 is 0 Å². The molecular formula is C17H24N2O. The summed E-state index contributed by atoms with van der Waals surface area (Å²) in [6, 6.07) is 10.7. The van der Waals surface area contributed by atoms with Crippen LogP contribution in [0.15, 0.2) is 24.3 Å². The predicted molar refractivity (Wildman–Crippen MR) is 80.7 cm³/mol. The molecule has 0 spiro atoms. The largest absolute Gasteiger partial charge is 0.497 e. The van der Waals surface area contributed by atoms with Crippen molar-refractivity contribution in [2.75, 3.05) is 13.7 Å². The molecule has 2 rings (SSSR count). The number of methoxy groups -OCH3 is 1. The number of benzene rings is 1. The van der Waals surface area contributed by atoms with Gasteiger partial charge in [0.25, 0.3) is 0 Å². The molecule has 108 valence electrons. The van der Waals surface area contributed by atoms with Crippen molar-refractivity contribution < 1.29 is 4.74 Å². The lowest BCUT2D eigenvalue weighted by Gasteiger charge is -2.34. The van der Waals surface area contributed by atoms with Crippen molar-refractivity contribution in [2.45, 2.75) is 44.6 Å². The van der Waals surface area contributed by atoms with Gasteiger partial charge in [-0.3, -0.25) is 5.32 Å². The summed E-state index contributed by atoms with van der Waals surface area (Å²) in [5.41, 5.74) is 0.981. The zero-order valence-electron chi connectivity index (χ0n) is 12.5. The van der Waals surface area contributed by atoms with Gasteiger partial charge in [-0.1, -0.05) is 19.1 Å². The van der Waals surface area contributed by atoms with E-state index in [2.05, 4.69) is 30.4 Å². The molecule has 0 atom stereocenters. The maximum atomic E-state index is 9.46. The third-order valence-electron chi connectivity index (χ3n) is 4.38. The van der Waals surface area contributed by atoms with Crippen molar-refractivity contribution in [1.82, 2.24) is 5.32 Å². The van der Waals surface area contributed by atoms with Gasteiger partial charge in [0, 0.05) is 6.54 Å². The van der Waals surface area contributed by atoms with Crippen molar-refractivity contribution in [2.24, 2.45) is 5.92 Å². The van der Waals surface area contributed by atoms with Gasteiger partial charge < -0.3 is 4.74 Å². The van der Waals surface area contributed by atoms with Crippen molar-refractivity contribution in [3.05, 3.63) is 29.8 Å². The topological polar surface area (TPSA) is 45.0 Å². The van der Waals surface area contributed by atoms with E-state index >= 15 is 0 Å². The first-order valence-corrected chi connectivity index (χ1v) is 7.47. The molecule has 1 aliphatic rings. The Hall–Kier alpha value is -1.53. The Bertz CT molecular complexity index is 453. The quantitative estimate of drug-likeness (QED) is 0.894. The minimum absolute atomic E-state index is 0.293. The van der Waals surface area contributed by atoms with Crippen molar-refractivity contribution in [3.8, 4) is 11.8 Å². The van der Waals surface area contributed by atoms with Crippen molar-refractivity contribution in [3.63, 3.8) is 0 Å². The molecule has 1 aromatic carbocycles. The van der Waals surface area contributed by atoms with Gasteiger partial charge in [0.1, 0.15) is 11.3 Å². The van der Waals surface area contributed by atoms with Crippen LogP contribution in [0.25, 0.3) is 0 Å². The molecule has 0 radical (unpaired) electrons. The number of ether oxygens (including phenoxy) is 1. The van der Waals surface area contributed by atoms with Gasteiger partial charge in [-0.15, -0.1) is 0 Å². The summed E-state index contributed by atoms with van der Waals surface area (Å²) >= 11 is 0. The number of rotatable bonds is 5. The van der Waals surface area contributed by atoms with E-state index in [9.17, 15) is 5.26 Å². The zero-order valence-corrected chi connectivity index (χ0v) is 12.5. The maximum absolute atomic E-state index is 9.46. The first kappa shape index (κ1) is 14.9. The van der Waals surface area contributed by atoms with Crippen LogP contribution in [-0.4, -0.2) is 19.2 Å². The Labute approximate surface area is 121 Å². The summed E-state index contributed by atoms with van der Waals surface area (Å²) in [4.78, 5) is 0. The molecule has 1 aliphatic carbocycles. The lowest BCUT2D eigenvalue weighted by atomic mass is 9.78. The molecule has 0 amide bonds. The van der Waals surface area contributed by atoms with Gasteiger partial charge in [-0.25, -0.2) is 0 Å². The van der Waals surface area contributed by atoms with Crippen molar-refractivity contribution >= 4 is 0 Å². The highest BCUT2D eigenvalue weighted by molar-refractivity contribution is 5.27. The van der Waals surface area contributed by atoms with E-state index in [4.69, 9.17) is 4.74 Å². The molecule has 0 saturated heterocycles. The van der Waals surface area contributed by atoms with E-state index in [0.29, 0.717) is 0 Å². The molecule has 3 nitrogen and oxygen atoms in total. The summed E-state index contributed by atoms with van der Waals surface area (Å²) in [7, 11) is 1.68. The van der Waals surface area contributed by atoms with Gasteiger partial charge in [0.05, 0.1) is 13.2 Å². The first-order valence-electron chi connectivity index (χ1n) is 7.47. The van der Waals surface area contributed by atoms with Crippen LogP contribution in [-0.2, 0) is 6.42 Å². The van der Waals surface area contributed by atoms with Gasteiger partial charge in [0.15, 0.2) is 0 Å². The first-order chi connectivity index (χ1) is 9.67. The second-order valence-corrected chi connectivity index (χ2v) is 5.90. The lowest BCUT2D eigenvalue weighted by Crippen LogP contribution is -2.47. The normalized spacial score (nSPS) is 25.9. The highest BCUT2D eigenvalue weighted by Crippen LogP contribution is 2.31. The zero-order chi connectivity index (χ0) is 14.4. The molecule has 0 bridgehead atoms. The monoisotopic (exact) mass is 272 g/mol. The third-order valence-corrected chi connectivity index (χ3v) is 4.38. The van der Waals surface area contributed by atoms with Crippen LogP contribution in [0.4, 0.5) is 0 Å². The standard InChI is InChI=1S/C17H24N2O/c1-14-7-10-17(13-18,11-8-14)19-12-9-15-3-5-16(20-2)6-4-15/h3-6,14,19H,7-12H2,1-2H3. The van der Waals surface area contributed by atoms with Crippen LogP contribution in [0.1, 0.15) is 38.2 Å². The van der Waals surface area contributed by atoms with Gasteiger partial charge in [-0.05, 0) is 55.7 Å². The maximum Gasteiger partial charge on any atom is 0.118 e. The van der Waals surface area contributed by atoms with E-state index in [0.717, 1.165) is 50.3 Å². The fourth-order valence-corrected chi connectivity index (χ4v) is 2.82. The number of hydrogen-bond donors (Lipinski definition) is 1. The van der Waals surface area contributed by atoms with Crippen LogP contribution >= 0.6 is 0 Å². The van der Waals surface area contributed by atoms with Crippen LogP contribution < -0.4 is 10.1 Å². The van der Waals surface area contributed by atoms with E-state index < -0.39 is 0 Å². The molecule has 1 aromatic rings. The summed E-state index contributed by atoms with van der Waals surface area (Å²) in [6.45, 7) is 3.13. The molecule has 0 aromatic heterocycles. The second kappa shape index (κ2) is 6.76. The minimum Gasteiger partial charge on any atom is -0.497 e.